The van der Waals surface area contributed by atoms with E-state index >= 15 is 0 Å². The first-order valence-corrected chi connectivity index (χ1v) is 13.0. The third kappa shape index (κ3) is 6.94. The molecule has 6 nitrogen and oxygen atoms in total. The normalized spacial score (nSPS) is 20.2. The molecule has 0 radical (unpaired) electrons. The summed E-state index contributed by atoms with van der Waals surface area (Å²) >= 11 is 0. The minimum atomic E-state index is -1.02. The Hall–Kier alpha value is -3.93. The van der Waals surface area contributed by atoms with Crippen molar-refractivity contribution in [3.8, 4) is 5.75 Å². The lowest BCUT2D eigenvalue weighted by atomic mass is 9.86. The van der Waals surface area contributed by atoms with Crippen LogP contribution in [0, 0.1) is 33.1 Å². The zero-order valence-corrected chi connectivity index (χ0v) is 24.1. The van der Waals surface area contributed by atoms with Crippen molar-refractivity contribution < 1.29 is 29.0 Å². The molecule has 6 heteroatoms. The number of carboxylic acid groups (broad SMARTS) is 1. The van der Waals surface area contributed by atoms with Crippen LogP contribution in [0.2, 0.25) is 0 Å². The highest BCUT2D eigenvalue weighted by atomic mass is 16.6. The number of aliphatic carboxylic acids is 1. The van der Waals surface area contributed by atoms with Crippen LogP contribution in [0.25, 0.3) is 0 Å². The van der Waals surface area contributed by atoms with Crippen LogP contribution in [-0.2, 0) is 31.1 Å². The maximum atomic E-state index is 13.2. The lowest BCUT2D eigenvalue weighted by Crippen LogP contribution is -2.29. The predicted octanol–water partition coefficient (Wildman–Crippen LogP) is 6.75. The molecule has 2 aromatic carbocycles. The number of aryl methyl sites for hydroxylation is 4. The molecule has 0 bridgehead atoms. The van der Waals surface area contributed by atoms with Crippen LogP contribution in [-0.4, -0.2) is 23.0 Å². The van der Waals surface area contributed by atoms with Gasteiger partial charge in [-0.05, 0) is 94.7 Å². The molecule has 1 unspecified atom stereocenters. The molecule has 0 saturated heterocycles. The second-order valence-electron chi connectivity index (χ2n) is 11.1. The zero-order chi connectivity index (χ0) is 29.1. The number of esters is 2. The molecule has 0 aliphatic heterocycles. The number of carboxylic acids is 1. The Balaban J connectivity index is 1.83. The SMILES string of the molecule is CC(=O)OC(C)(C)c1c(C)cc(Cc2cc(C)c(OC(=O)C3(C)/C=C\C=C(/C(=O)O)C/C=C\3)c(C)c2)cc1C. The van der Waals surface area contributed by atoms with Crippen LogP contribution >= 0.6 is 0 Å². The first-order valence-electron chi connectivity index (χ1n) is 13.0. The second-order valence-corrected chi connectivity index (χ2v) is 11.1. The average Bonchev–Trinajstić information content (AvgIpc) is 2.76. The van der Waals surface area contributed by atoms with Crippen molar-refractivity contribution in [3.05, 3.63) is 99.2 Å². The van der Waals surface area contributed by atoms with Crippen molar-refractivity contribution in [2.75, 3.05) is 0 Å². The van der Waals surface area contributed by atoms with E-state index in [-0.39, 0.29) is 18.0 Å². The number of carbonyl (C=O) groups is 3. The van der Waals surface area contributed by atoms with Gasteiger partial charge in [-0.15, -0.1) is 0 Å². The van der Waals surface area contributed by atoms with Crippen LogP contribution in [0.4, 0.5) is 0 Å². The second kappa shape index (κ2) is 11.4. The molecule has 3 rings (SSSR count). The number of ether oxygens (including phenoxy) is 2. The van der Waals surface area contributed by atoms with E-state index in [0.29, 0.717) is 12.2 Å². The van der Waals surface area contributed by atoms with Gasteiger partial charge < -0.3 is 14.6 Å². The number of carbonyl (C=O) groups excluding carboxylic acids is 2. The van der Waals surface area contributed by atoms with Gasteiger partial charge in [0.1, 0.15) is 16.8 Å². The minimum absolute atomic E-state index is 0.233. The van der Waals surface area contributed by atoms with Crippen molar-refractivity contribution in [1.82, 2.24) is 0 Å². The molecular formula is C33H38O6. The van der Waals surface area contributed by atoms with Crippen LogP contribution in [0.3, 0.4) is 0 Å². The fraction of sp³-hybridized carbons (Fsp3) is 0.364. The Morgan fingerprint density at radius 2 is 1.46 bits per heavy atom. The minimum Gasteiger partial charge on any atom is -0.478 e. The van der Waals surface area contributed by atoms with Gasteiger partial charge in [-0.1, -0.05) is 54.6 Å². The van der Waals surface area contributed by atoms with E-state index in [1.165, 1.54) is 13.0 Å². The van der Waals surface area contributed by atoms with E-state index in [1.807, 2.05) is 53.7 Å². The Bertz CT molecular complexity index is 1360. The maximum Gasteiger partial charge on any atom is 0.331 e. The third-order valence-electron chi connectivity index (χ3n) is 6.97. The number of hydrogen-bond acceptors (Lipinski definition) is 5. The monoisotopic (exact) mass is 530 g/mol. The summed E-state index contributed by atoms with van der Waals surface area (Å²) in [5.41, 5.74) is 5.61. The molecule has 0 amide bonds. The van der Waals surface area contributed by atoms with E-state index < -0.39 is 23.0 Å². The Morgan fingerprint density at radius 3 is 1.97 bits per heavy atom. The molecule has 1 N–H and O–H groups in total. The number of hydrogen-bond donors (Lipinski definition) is 1. The summed E-state index contributed by atoms with van der Waals surface area (Å²) in [6.45, 7) is 14.9. The van der Waals surface area contributed by atoms with Crippen LogP contribution in [0.1, 0.15) is 73.1 Å². The highest BCUT2D eigenvalue weighted by Gasteiger charge is 2.31. The summed E-state index contributed by atoms with van der Waals surface area (Å²) in [5, 5.41) is 9.22. The van der Waals surface area contributed by atoms with Crippen molar-refractivity contribution in [2.24, 2.45) is 5.41 Å². The zero-order valence-electron chi connectivity index (χ0n) is 24.1. The smallest absolute Gasteiger partial charge is 0.331 e. The molecule has 0 spiro atoms. The fourth-order valence-corrected chi connectivity index (χ4v) is 5.47. The van der Waals surface area contributed by atoms with Gasteiger partial charge in [0.05, 0.1) is 0 Å². The molecule has 0 fully saturated rings. The number of allylic oxidation sites excluding steroid dienone is 3. The molecule has 0 heterocycles. The largest absolute Gasteiger partial charge is 0.478 e. The molecule has 39 heavy (non-hydrogen) atoms. The van der Waals surface area contributed by atoms with Gasteiger partial charge in [-0.3, -0.25) is 9.59 Å². The molecule has 0 aromatic heterocycles. The van der Waals surface area contributed by atoms with Crippen molar-refractivity contribution >= 4 is 17.9 Å². The van der Waals surface area contributed by atoms with Gasteiger partial charge in [0.25, 0.3) is 0 Å². The van der Waals surface area contributed by atoms with Gasteiger partial charge in [-0.25, -0.2) is 4.79 Å². The summed E-state index contributed by atoms with van der Waals surface area (Å²) in [6, 6.07) is 8.32. The van der Waals surface area contributed by atoms with Crippen molar-refractivity contribution in [1.29, 1.82) is 0 Å². The molecule has 1 aliphatic rings. The fourth-order valence-electron chi connectivity index (χ4n) is 5.47. The standard InChI is InChI=1S/C33H38O6/c1-20-15-25(16-21(2)28(20)32(6,7)39-24(5)34)19-26-17-22(3)29(23(4)18-26)38-31(37)33(8)13-9-11-27(30(35)36)12-10-14-33/h9-11,13-18H,12,19H2,1-8H3,(H,35,36)/b13-9-,14-10-,27-11-. The van der Waals surface area contributed by atoms with E-state index in [1.54, 1.807) is 31.2 Å². The summed E-state index contributed by atoms with van der Waals surface area (Å²) in [5.74, 6) is -1.19. The predicted molar refractivity (Wildman–Crippen MR) is 152 cm³/mol. The number of benzene rings is 2. The lowest BCUT2D eigenvalue weighted by molar-refractivity contribution is -0.154. The van der Waals surface area contributed by atoms with Gasteiger partial charge in [0, 0.05) is 18.1 Å². The average molecular weight is 531 g/mol. The summed E-state index contributed by atoms with van der Waals surface area (Å²) < 4.78 is 11.5. The summed E-state index contributed by atoms with van der Waals surface area (Å²) in [6.07, 6.45) is 9.08. The Morgan fingerprint density at radius 1 is 0.923 bits per heavy atom. The Labute approximate surface area is 231 Å². The summed E-state index contributed by atoms with van der Waals surface area (Å²) in [4.78, 5) is 36.1. The molecule has 2 aromatic rings. The van der Waals surface area contributed by atoms with Crippen molar-refractivity contribution in [3.63, 3.8) is 0 Å². The van der Waals surface area contributed by atoms with Gasteiger partial charge in [-0.2, -0.15) is 0 Å². The lowest BCUT2D eigenvalue weighted by Gasteiger charge is -2.29. The first kappa shape index (κ1) is 29.6. The number of rotatable bonds is 7. The summed E-state index contributed by atoms with van der Waals surface area (Å²) in [7, 11) is 0. The van der Waals surface area contributed by atoms with E-state index in [9.17, 15) is 19.5 Å². The molecular weight excluding hydrogens is 492 g/mol. The maximum absolute atomic E-state index is 13.2. The van der Waals surface area contributed by atoms with Crippen LogP contribution < -0.4 is 4.74 Å². The molecule has 1 aliphatic carbocycles. The van der Waals surface area contributed by atoms with E-state index in [4.69, 9.17) is 9.47 Å². The highest BCUT2D eigenvalue weighted by molar-refractivity contribution is 5.88. The topological polar surface area (TPSA) is 89.9 Å². The molecule has 0 saturated carbocycles. The van der Waals surface area contributed by atoms with Gasteiger partial charge >= 0.3 is 17.9 Å². The highest BCUT2D eigenvalue weighted by Crippen LogP contribution is 2.34. The van der Waals surface area contributed by atoms with E-state index in [2.05, 4.69) is 12.1 Å². The molecule has 1 atom stereocenters. The molecule has 206 valence electrons. The van der Waals surface area contributed by atoms with Gasteiger partial charge in [0.15, 0.2) is 0 Å². The van der Waals surface area contributed by atoms with Crippen molar-refractivity contribution in [2.45, 2.75) is 73.8 Å². The Kier molecular flexibility index (Phi) is 8.69. The third-order valence-corrected chi connectivity index (χ3v) is 6.97. The van der Waals surface area contributed by atoms with Gasteiger partial charge in [0.2, 0.25) is 0 Å². The van der Waals surface area contributed by atoms with Crippen LogP contribution in [0.15, 0.2) is 60.2 Å². The van der Waals surface area contributed by atoms with Crippen LogP contribution in [0.5, 0.6) is 5.75 Å². The first-order chi connectivity index (χ1) is 18.1. The quantitative estimate of drug-likeness (QED) is 0.242. The van der Waals surface area contributed by atoms with E-state index in [0.717, 1.165) is 38.9 Å².